The summed E-state index contributed by atoms with van der Waals surface area (Å²) in [5.74, 6) is -1.13. The van der Waals surface area contributed by atoms with Gasteiger partial charge in [-0.05, 0) is 42.9 Å². The van der Waals surface area contributed by atoms with E-state index in [0.29, 0.717) is 19.6 Å². The van der Waals surface area contributed by atoms with Crippen molar-refractivity contribution in [1.29, 1.82) is 0 Å². The predicted octanol–water partition coefficient (Wildman–Crippen LogP) is 0.0846. The van der Waals surface area contributed by atoms with Crippen molar-refractivity contribution in [3.8, 4) is 0 Å². The summed E-state index contributed by atoms with van der Waals surface area (Å²) in [4.78, 5) is 24.7. The first-order chi connectivity index (χ1) is 8.59. The fourth-order valence-electron chi connectivity index (χ4n) is 1.31. The lowest BCUT2D eigenvalue weighted by molar-refractivity contribution is -0.139. The van der Waals surface area contributed by atoms with E-state index >= 15 is 0 Å². The lowest BCUT2D eigenvalue weighted by atomic mass is 10.2. The van der Waals surface area contributed by atoms with Gasteiger partial charge in [-0.2, -0.15) is 11.3 Å². The van der Waals surface area contributed by atoms with Crippen LogP contribution in [0.15, 0.2) is 16.8 Å². The van der Waals surface area contributed by atoms with Gasteiger partial charge in [0.25, 0.3) is 0 Å². The molecule has 0 saturated carbocycles. The van der Waals surface area contributed by atoms with Gasteiger partial charge in [0.15, 0.2) is 0 Å². The number of amides is 2. The van der Waals surface area contributed by atoms with Crippen molar-refractivity contribution in [2.45, 2.75) is 6.42 Å². The largest absolute Gasteiger partial charge is 0.348 e. The molecule has 5 nitrogen and oxygen atoms in total. The Morgan fingerprint density at radius 1 is 1.22 bits per heavy atom. The van der Waals surface area contributed by atoms with E-state index in [0.717, 1.165) is 6.42 Å². The zero-order valence-electron chi connectivity index (χ0n) is 10.7. The van der Waals surface area contributed by atoms with Crippen LogP contribution in [0.5, 0.6) is 0 Å². The standard InChI is InChI=1S/C12H19N3O2S/c1-15(2)7-6-14-12(17)11(16)13-5-3-10-4-8-18-9-10/h4,8-9H,3,5-7H2,1-2H3,(H,13,16)(H,14,17). The molecular formula is C12H19N3O2S. The Hall–Kier alpha value is -1.40. The van der Waals surface area contributed by atoms with Gasteiger partial charge in [0, 0.05) is 19.6 Å². The van der Waals surface area contributed by atoms with E-state index < -0.39 is 11.8 Å². The minimum atomic E-state index is -0.567. The van der Waals surface area contributed by atoms with Gasteiger partial charge in [-0.25, -0.2) is 0 Å². The molecule has 6 heteroatoms. The van der Waals surface area contributed by atoms with Gasteiger partial charge in [-0.1, -0.05) is 0 Å². The van der Waals surface area contributed by atoms with Crippen LogP contribution in [0.1, 0.15) is 5.56 Å². The second kappa shape index (κ2) is 7.84. The number of nitrogens with zero attached hydrogens (tertiary/aromatic N) is 1. The predicted molar refractivity (Wildman–Crippen MR) is 72.6 cm³/mol. The van der Waals surface area contributed by atoms with E-state index in [4.69, 9.17) is 0 Å². The molecule has 2 amide bonds. The van der Waals surface area contributed by atoms with Gasteiger partial charge in [0.2, 0.25) is 0 Å². The number of nitrogens with one attached hydrogen (secondary N) is 2. The van der Waals surface area contributed by atoms with Crippen LogP contribution < -0.4 is 10.6 Å². The van der Waals surface area contributed by atoms with Crippen molar-refractivity contribution in [2.75, 3.05) is 33.7 Å². The van der Waals surface area contributed by atoms with Crippen molar-refractivity contribution in [3.63, 3.8) is 0 Å². The van der Waals surface area contributed by atoms with Crippen LogP contribution in [0.4, 0.5) is 0 Å². The maximum atomic E-state index is 11.4. The monoisotopic (exact) mass is 269 g/mol. The summed E-state index contributed by atoms with van der Waals surface area (Å²) in [5, 5.41) is 9.19. The molecule has 0 radical (unpaired) electrons. The lowest BCUT2D eigenvalue weighted by Crippen LogP contribution is -2.42. The zero-order valence-corrected chi connectivity index (χ0v) is 11.5. The average molecular weight is 269 g/mol. The molecule has 1 heterocycles. The number of carbonyl (C=O) groups excluding carboxylic acids is 2. The Morgan fingerprint density at radius 3 is 2.44 bits per heavy atom. The summed E-state index contributed by atoms with van der Waals surface area (Å²) in [6.45, 7) is 1.67. The highest BCUT2D eigenvalue weighted by molar-refractivity contribution is 7.07. The molecule has 1 aromatic heterocycles. The smallest absolute Gasteiger partial charge is 0.309 e. The molecule has 1 rings (SSSR count). The van der Waals surface area contributed by atoms with Gasteiger partial charge in [-0.3, -0.25) is 9.59 Å². The first-order valence-corrected chi connectivity index (χ1v) is 6.75. The van der Waals surface area contributed by atoms with Crippen LogP contribution in [0.2, 0.25) is 0 Å². The topological polar surface area (TPSA) is 61.4 Å². The minimum Gasteiger partial charge on any atom is -0.348 e. The molecule has 0 spiro atoms. The second-order valence-electron chi connectivity index (χ2n) is 4.20. The first-order valence-electron chi connectivity index (χ1n) is 5.81. The number of carbonyl (C=O) groups is 2. The number of hydrogen-bond acceptors (Lipinski definition) is 4. The molecule has 0 fully saturated rings. The molecule has 1 aromatic rings. The number of hydrogen-bond donors (Lipinski definition) is 2. The Balaban J connectivity index is 2.13. The van der Waals surface area contributed by atoms with Gasteiger partial charge in [-0.15, -0.1) is 0 Å². The Morgan fingerprint density at radius 2 is 1.89 bits per heavy atom. The molecule has 0 aromatic carbocycles. The summed E-state index contributed by atoms with van der Waals surface area (Å²) < 4.78 is 0. The van der Waals surface area contributed by atoms with E-state index in [1.165, 1.54) is 5.56 Å². The zero-order chi connectivity index (χ0) is 13.4. The highest BCUT2D eigenvalue weighted by Crippen LogP contribution is 2.05. The SMILES string of the molecule is CN(C)CCNC(=O)C(=O)NCCc1ccsc1. The van der Waals surface area contributed by atoms with E-state index in [1.54, 1.807) is 11.3 Å². The average Bonchev–Trinajstić information content (AvgIpc) is 2.81. The van der Waals surface area contributed by atoms with Gasteiger partial charge >= 0.3 is 11.8 Å². The fourth-order valence-corrected chi connectivity index (χ4v) is 2.01. The summed E-state index contributed by atoms with van der Waals surface area (Å²) >= 11 is 1.62. The summed E-state index contributed by atoms with van der Waals surface area (Å²) in [5.41, 5.74) is 1.17. The van der Waals surface area contributed by atoms with Crippen molar-refractivity contribution in [2.24, 2.45) is 0 Å². The summed E-state index contributed by atoms with van der Waals surface area (Å²) in [7, 11) is 3.82. The molecule has 0 saturated heterocycles. The lowest BCUT2D eigenvalue weighted by Gasteiger charge is -2.10. The molecule has 0 bridgehead atoms. The highest BCUT2D eigenvalue weighted by Gasteiger charge is 2.11. The Bertz CT molecular complexity index is 377. The van der Waals surface area contributed by atoms with Crippen molar-refractivity contribution >= 4 is 23.2 Å². The summed E-state index contributed by atoms with van der Waals surface area (Å²) in [6.07, 6.45) is 0.750. The highest BCUT2D eigenvalue weighted by atomic mass is 32.1. The van der Waals surface area contributed by atoms with E-state index in [1.807, 2.05) is 35.8 Å². The number of rotatable bonds is 6. The van der Waals surface area contributed by atoms with Crippen molar-refractivity contribution < 1.29 is 9.59 Å². The van der Waals surface area contributed by atoms with Crippen LogP contribution in [0.3, 0.4) is 0 Å². The van der Waals surface area contributed by atoms with Crippen LogP contribution in [0, 0.1) is 0 Å². The molecule has 0 aliphatic rings. The third kappa shape index (κ3) is 5.79. The number of thiophene rings is 1. The normalized spacial score (nSPS) is 10.4. The van der Waals surface area contributed by atoms with E-state index in [-0.39, 0.29) is 0 Å². The van der Waals surface area contributed by atoms with Crippen LogP contribution >= 0.6 is 11.3 Å². The van der Waals surface area contributed by atoms with Gasteiger partial charge in [0.05, 0.1) is 0 Å². The Labute approximate surface area is 111 Å². The Kier molecular flexibility index (Phi) is 6.38. The molecule has 18 heavy (non-hydrogen) atoms. The first kappa shape index (κ1) is 14.7. The summed E-state index contributed by atoms with van der Waals surface area (Å²) in [6, 6.07) is 2.01. The third-order valence-electron chi connectivity index (χ3n) is 2.33. The van der Waals surface area contributed by atoms with Crippen LogP contribution in [-0.4, -0.2) is 50.4 Å². The number of likely N-dealkylation sites (N-methyl/N-ethyl adjacent to an activating group) is 1. The van der Waals surface area contributed by atoms with Crippen LogP contribution in [-0.2, 0) is 16.0 Å². The quantitative estimate of drug-likeness (QED) is 0.719. The maximum Gasteiger partial charge on any atom is 0.309 e. The molecular weight excluding hydrogens is 250 g/mol. The minimum absolute atomic E-state index is 0.476. The third-order valence-corrected chi connectivity index (χ3v) is 3.06. The van der Waals surface area contributed by atoms with Gasteiger partial charge in [0.1, 0.15) is 0 Å². The molecule has 2 N–H and O–H groups in total. The van der Waals surface area contributed by atoms with Crippen LogP contribution in [0.25, 0.3) is 0 Å². The van der Waals surface area contributed by atoms with Crippen molar-refractivity contribution in [3.05, 3.63) is 22.4 Å². The van der Waals surface area contributed by atoms with E-state index in [9.17, 15) is 9.59 Å². The molecule has 0 aliphatic carbocycles. The maximum absolute atomic E-state index is 11.4. The van der Waals surface area contributed by atoms with Crippen molar-refractivity contribution in [1.82, 2.24) is 15.5 Å². The molecule has 0 aliphatic heterocycles. The molecule has 0 atom stereocenters. The second-order valence-corrected chi connectivity index (χ2v) is 4.98. The van der Waals surface area contributed by atoms with Gasteiger partial charge < -0.3 is 15.5 Å². The van der Waals surface area contributed by atoms with E-state index in [2.05, 4.69) is 10.6 Å². The molecule has 100 valence electrons. The fraction of sp³-hybridized carbons (Fsp3) is 0.500. The molecule has 0 unspecified atom stereocenters.